The van der Waals surface area contributed by atoms with Crippen molar-refractivity contribution < 1.29 is 24.1 Å². The van der Waals surface area contributed by atoms with Gasteiger partial charge in [-0.3, -0.25) is 4.79 Å². The largest absolute Gasteiger partial charge is 0.493 e. The van der Waals surface area contributed by atoms with Gasteiger partial charge in [0.1, 0.15) is 0 Å². The van der Waals surface area contributed by atoms with E-state index in [1.807, 2.05) is 17.5 Å². The molecule has 0 saturated heterocycles. The minimum absolute atomic E-state index is 0.0782. The van der Waals surface area contributed by atoms with E-state index in [1.165, 1.54) is 21.3 Å². The van der Waals surface area contributed by atoms with Gasteiger partial charge in [0.2, 0.25) is 5.75 Å². The number of hydrogen-bond acceptors (Lipinski definition) is 6. The fourth-order valence-corrected chi connectivity index (χ4v) is 3.70. The first kappa shape index (κ1) is 20.1. The number of amides is 1. The molecule has 1 amide bonds. The Morgan fingerprint density at radius 3 is 2.31 bits per heavy atom. The summed E-state index contributed by atoms with van der Waals surface area (Å²) in [6.07, 6.45) is 0.605. The van der Waals surface area contributed by atoms with Crippen molar-refractivity contribution in [1.82, 2.24) is 4.90 Å². The second-order valence-electron chi connectivity index (χ2n) is 5.82. The number of rotatable bonds is 9. The van der Waals surface area contributed by atoms with Gasteiger partial charge in [0, 0.05) is 36.6 Å². The Bertz CT molecular complexity index is 692. The number of thiophene rings is 1. The Hall–Kier alpha value is -2.25. The molecule has 7 heteroatoms. The molecule has 1 unspecified atom stereocenters. The number of nitrogens with zero attached hydrogens (tertiary/aromatic N) is 1. The fraction of sp³-hybridized carbons (Fsp3) is 0.421. The lowest BCUT2D eigenvalue weighted by Crippen LogP contribution is -2.31. The van der Waals surface area contributed by atoms with Crippen LogP contribution in [0.2, 0.25) is 0 Å². The van der Waals surface area contributed by atoms with Crippen LogP contribution in [0.5, 0.6) is 17.2 Å². The van der Waals surface area contributed by atoms with Gasteiger partial charge in [0.25, 0.3) is 5.91 Å². The Labute approximate surface area is 157 Å². The van der Waals surface area contributed by atoms with Gasteiger partial charge in [-0.05, 0) is 30.0 Å². The van der Waals surface area contributed by atoms with Gasteiger partial charge in [-0.2, -0.15) is 0 Å². The van der Waals surface area contributed by atoms with Crippen molar-refractivity contribution in [2.75, 3.05) is 41.5 Å². The number of aliphatic hydroxyl groups excluding tert-OH is 1. The lowest BCUT2D eigenvalue weighted by Gasteiger charge is -2.24. The smallest absolute Gasteiger partial charge is 0.253 e. The molecular formula is C19H25NO5S. The zero-order chi connectivity index (χ0) is 19.1. The Balaban J connectivity index is 2.24. The van der Waals surface area contributed by atoms with Crippen LogP contribution in [0.3, 0.4) is 0 Å². The quantitative estimate of drug-likeness (QED) is 0.725. The maximum absolute atomic E-state index is 12.9. The Morgan fingerprint density at radius 2 is 1.85 bits per heavy atom. The van der Waals surface area contributed by atoms with E-state index in [9.17, 15) is 9.90 Å². The van der Waals surface area contributed by atoms with Crippen LogP contribution in [0.1, 0.15) is 27.6 Å². The number of hydrogen-bond donors (Lipinski definition) is 1. The first-order valence-corrected chi connectivity index (χ1v) is 9.13. The highest BCUT2D eigenvalue weighted by Gasteiger charge is 2.22. The normalized spacial score (nSPS) is 11.7. The van der Waals surface area contributed by atoms with E-state index < -0.39 is 0 Å². The van der Waals surface area contributed by atoms with Crippen LogP contribution in [0.4, 0.5) is 0 Å². The topological polar surface area (TPSA) is 68.2 Å². The van der Waals surface area contributed by atoms with Gasteiger partial charge in [0.05, 0.1) is 21.3 Å². The highest BCUT2D eigenvalue weighted by atomic mass is 32.1. The molecule has 0 aliphatic carbocycles. The number of methoxy groups -OCH3 is 3. The molecule has 142 valence electrons. The standard InChI is InChI=1S/C19H25NO5S/c1-20(12-13(7-8-21)17-6-5-9-26-17)19(22)14-10-15(23-2)18(25-4)16(11-14)24-3/h5-6,9-11,13,21H,7-8,12H2,1-4H3. The molecule has 0 saturated carbocycles. The molecule has 1 aromatic carbocycles. The highest BCUT2D eigenvalue weighted by Crippen LogP contribution is 2.38. The number of benzene rings is 1. The third-order valence-electron chi connectivity index (χ3n) is 4.18. The van der Waals surface area contributed by atoms with E-state index in [1.54, 1.807) is 35.4 Å². The molecule has 1 heterocycles. The summed E-state index contributed by atoms with van der Waals surface area (Å²) in [6.45, 7) is 0.589. The van der Waals surface area contributed by atoms with Gasteiger partial charge in [-0.25, -0.2) is 0 Å². The van der Waals surface area contributed by atoms with Gasteiger partial charge in [-0.15, -0.1) is 11.3 Å². The summed E-state index contributed by atoms with van der Waals surface area (Å²) in [5.41, 5.74) is 0.455. The van der Waals surface area contributed by atoms with Crippen LogP contribution in [-0.2, 0) is 0 Å². The van der Waals surface area contributed by atoms with Crippen LogP contribution in [0.25, 0.3) is 0 Å². The molecule has 0 aliphatic heterocycles. The fourth-order valence-electron chi connectivity index (χ4n) is 2.84. The van der Waals surface area contributed by atoms with Crippen molar-refractivity contribution in [2.45, 2.75) is 12.3 Å². The van der Waals surface area contributed by atoms with Crippen molar-refractivity contribution in [2.24, 2.45) is 0 Å². The molecular weight excluding hydrogens is 354 g/mol. The summed E-state index contributed by atoms with van der Waals surface area (Å²) in [5, 5.41) is 11.4. The van der Waals surface area contributed by atoms with Crippen LogP contribution < -0.4 is 14.2 Å². The van der Waals surface area contributed by atoms with E-state index in [0.717, 1.165) is 4.88 Å². The molecule has 2 rings (SSSR count). The van der Waals surface area contributed by atoms with Crippen molar-refractivity contribution in [3.05, 3.63) is 40.1 Å². The van der Waals surface area contributed by atoms with Crippen molar-refractivity contribution >= 4 is 17.2 Å². The zero-order valence-electron chi connectivity index (χ0n) is 15.5. The molecule has 0 aliphatic rings. The minimum Gasteiger partial charge on any atom is -0.493 e. The van der Waals surface area contributed by atoms with Crippen molar-refractivity contribution in [1.29, 1.82) is 0 Å². The SMILES string of the molecule is COc1cc(C(=O)N(C)CC(CCO)c2cccs2)cc(OC)c1OC. The van der Waals surface area contributed by atoms with Crippen molar-refractivity contribution in [3.63, 3.8) is 0 Å². The summed E-state index contributed by atoms with van der Waals surface area (Å²) in [6, 6.07) is 7.30. The maximum Gasteiger partial charge on any atom is 0.253 e. The first-order valence-electron chi connectivity index (χ1n) is 8.25. The van der Waals surface area contributed by atoms with Gasteiger partial charge >= 0.3 is 0 Å². The number of likely N-dealkylation sites (N-methyl/N-ethyl adjacent to an activating group) is 1. The molecule has 6 nitrogen and oxygen atoms in total. The molecule has 1 atom stereocenters. The molecule has 0 spiro atoms. The summed E-state index contributed by atoms with van der Waals surface area (Å²) in [5.74, 6) is 1.27. The Morgan fingerprint density at radius 1 is 1.19 bits per heavy atom. The van der Waals surface area contributed by atoms with Gasteiger partial charge in [0.15, 0.2) is 11.5 Å². The highest BCUT2D eigenvalue weighted by molar-refractivity contribution is 7.10. The van der Waals surface area contributed by atoms with E-state index in [0.29, 0.717) is 35.8 Å². The molecule has 1 aromatic heterocycles. The predicted molar refractivity (Wildman–Crippen MR) is 102 cm³/mol. The summed E-state index contributed by atoms with van der Waals surface area (Å²) >= 11 is 1.63. The lowest BCUT2D eigenvalue weighted by molar-refractivity contribution is 0.0780. The second kappa shape index (κ2) is 9.45. The van der Waals surface area contributed by atoms with Crippen LogP contribution in [0.15, 0.2) is 29.6 Å². The average molecular weight is 379 g/mol. The molecule has 0 radical (unpaired) electrons. The average Bonchev–Trinajstić information content (AvgIpc) is 3.20. The van der Waals surface area contributed by atoms with E-state index in [4.69, 9.17) is 14.2 Å². The van der Waals surface area contributed by atoms with E-state index in [-0.39, 0.29) is 18.4 Å². The summed E-state index contributed by atoms with van der Waals surface area (Å²) in [7, 11) is 6.31. The third-order valence-corrected chi connectivity index (χ3v) is 5.21. The number of carbonyl (C=O) groups excluding carboxylic acids is 1. The third kappa shape index (κ3) is 4.47. The number of ether oxygens (including phenoxy) is 3. The number of aliphatic hydroxyl groups is 1. The lowest BCUT2D eigenvalue weighted by atomic mass is 10.0. The van der Waals surface area contributed by atoms with Crippen molar-refractivity contribution in [3.8, 4) is 17.2 Å². The van der Waals surface area contributed by atoms with Crippen LogP contribution in [-0.4, -0.2) is 57.4 Å². The van der Waals surface area contributed by atoms with Crippen LogP contribution >= 0.6 is 11.3 Å². The number of carbonyl (C=O) groups is 1. The van der Waals surface area contributed by atoms with E-state index >= 15 is 0 Å². The maximum atomic E-state index is 12.9. The molecule has 1 N–H and O–H groups in total. The van der Waals surface area contributed by atoms with Gasteiger partial charge in [-0.1, -0.05) is 6.07 Å². The van der Waals surface area contributed by atoms with Crippen LogP contribution in [0, 0.1) is 0 Å². The molecule has 26 heavy (non-hydrogen) atoms. The monoisotopic (exact) mass is 379 g/mol. The summed E-state index contributed by atoms with van der Waals surface area (Å²) < 4.78 is 15.9. The minimum atomic E-state index is -0.149. The molecule has 0 fully saturated rings. The second-order valence-corrected chi connectivity index (χ2v) is 6.80. The van der Waals surface area contributed by atoms with E-state index in [2.05, 4.69) is 0 Å². The predicted octanol–water partition coefficient (Wildman–Crippen LogP) is 3.01. The molecule has 0 bridgehead atoms. The first-order chi connectivity index (χ1) is 12.5. The zero-order valence-corrected chi connectivity index (χ0v) is 16.3. The Kier molecular flexibility index (Phi) is 7.29. The van der Waals surface area contributed by atoms with Gasteiger partial charge < -0.3 is 24.2 Å². The molecule has 2 aromatic rings. The summed E-state index contributed by atoms with van der Waals surface area (Å²) in [4.78, 5) is 15.7.